The summed E-state index contributed by atoms with van der Waals surface area (Å²) < 4.78 is 37.1. The molecule has 0 aliphatic heterocycles. The Balaban J connectivity index is 1.62. The monoisotopic (exact) mass is 407 g/mol. The van der Waals surface area contributed by atoms with Gasteiger partial charge in [-0.2, -0.15) is 0 Å². The molecule has 4 aromatic rings. The van der Waals surface area contributed by atoms with E-state index in [-0.39, 0.29) is 17.9 Å². The minimum atomic E-state index is -0.715. The molecule has 152 valence electrons. The number of allylic oxidation sites excluding steroid dienone is 1. The number of ether oxygens (including phenoxy) is 1. The number of aryl methyl sites for hydroxylation is 1. The van der Waals surface area contributed by atoms with Crippen molar-refractivity contribution in [3.8, 4) is 5.69 Å². The predicted molar refractivity (Wildman–Crippen MR) is 108 cm³/mol. The van der Waals surface area contributed by atoms with Gasteiger partial charge in [-0.1, -0.05) is 22.9 Å². The first-order valence-electron chi connectivity index (χ1n) is 9.27. The average Bonchev–Trinajstić information content (AvgIpc) is 3.42. The largest absolute Gasteiger partial charge is 0.485 e. The molecule has 2 heterocycles. The third-order valence-corrected chi connectivity index (χ3v) is 4.60. The summed E-state index contributed by atoms with van der Waals surface area (Å²) in [6, 6.07) is 11.2. The number of halogens is 2. The highest BCUT2D eigenvalue weighted by Gasteiger charge is 2.16. The van der Waals surface area contributed by atoms with Crippen molar-refractivity contribution in [2.75, 3.05) is 0 Å². The van der Waals surface area contributed by atoms with E-state index < -0.39 is 11.6 Å². The van der Waals surface area contributed by atoms with Crippen LogP contribution in [-0.2, 0) is 11.3 Å². The predicted octanol–water partition coefficient (Wildman–Crippen LogP) is 4.61. The Morgan fingerprint density at radius 1 is 1.10 bits per heavy atom. The number of benzene rings is 2. The summed E-state index contributed by atoms with van der Waals surface area (Å²) in [6.45, 7) is 3.84. The topological polar surface area (TPSA) is 57.8 Å². The van der Waals surface area contributed by atoms with Gasteiger partial charge in [-0.25, -0.2) is 18.4 Å². The number of hydrogen-bond donors (Lipinski definition) is 0. The SMILES string of the molecule is C/C(=C(/OCc1cn(-c2ccc(C)cc2)nn1)c1ccc(F)cc1F)n1ccnc1. The Kier molecular flexibility index (Phi) is 5.38. The van der Waals surface area contributed by atoms with Crippen molar-refractivity contribution >= 4 is 11.5 Å². The van der Waals surface area contributed by atoms with Crippen molar-refractivity contribution in [1.29, 1.82) is 0 Å². The molecule has 0 unspecified atom stereocenters. The van der Waals surface area contributed by atoms with Crippen LogP contribution in [0.1, 0.15) is 23.7 Å². The quantitative estimate of drug-likeness (QED) is 0.438. The molecular weight excluding hydrogens is 388 g/mol. The highest BCUT2D eigenvalue weighted by Crippen LogP contribution is 2.27. The van der Waals surface area contributed by atoms with Crippen LogP contribution >= 0.6 is 0 Å². The summed E-state index contributed by atoms with van der Waals surface area (Å²) in [6.07, 6.45) is 6.65. The van der Waals surface area contributed by atoms with Gasteiger partial charge in [0.2, 0.25) is 0 Å². The summed E-state index contributed by atoms with van der Waals surface area (Å²) in [5, 5.41) is 8.25. The molecule has 0 radical (unpaired) electrons. The molecule has 0 saturated carbocycles. The highest BCUT2D eigenvalue weighted by atomic mass is 19.1. The molecule has 30 heavy (non-hydrogen) atoms. The molecule has 0 spiro atoms. The van der Waals surface area contributed by atoms with Gasteiger partial charge in [0, 0.05) is 18.5 Å². The minimum Gasteiger partial charge on any atom is -0.485 e. The fourth-order valence-electron chi connectivity index (χ4n) is 2.96. The molecule has 4 rings (SSSR count). The fourth-order valence-corrected chi connectivity index (χ4v) is 2.96. The zero-order valence-electron chi connectivity index (χ0n) is 16.5. The van der Waals surface area contributed by atoms with Gasteiger partial charge in [-0.3, -0.25) is 0 Å². The van der Waals surface area contributed by atoms with Gasteiger partial charge in [0.25, 0.3) is 0 Å². The van der Waals surface area contributed by atoms with Crippen molar-refractivity contribution in [2.45, 2.75) is 20.5 Å². The van der Waals surface area contributed by atoms with Crippen molar-refractivity contribution in [1.82, 2.24) is 24.5 Å². The molecule has 0 amide bonds. The molecule has 0 bridgehead atoms. The normalized spacial score (nSPS) is 12.0. The maximum atomic E-state index is 14.5. The van der Waals surface area contributed by atoms with E-state index in [0.717, 1.165) is 17.3 Å². The lowest BCUT2D eigenvalue weighted by Gasteiger charge is -2.15. The van der Waals surface area contributed by atoms with E-state index in [0.29, 0.717) is 11.4 Å². The van der Waals surface area contributed by atoms with E-state index in [2.05, 4.69) is 15.3 Å². The van der Waals surface area contributed by atoms with E-state index in [1.54, 1.807) is 41.1 Å². The van der Waals surface area contributed by atoms with Gasteiger partial charge in [0.15, 0.2) is 0 Å². The molecule has 0 aliphatic rings. The Morgan fingerprint density at radius 2 is 1.90 bits per heavy atom. The Bertz CT molecular complexity index is 1180. The second-order valence-electron chi connectivity index (χ2n) is 6.79. The molecule has 2 aromatic carbocycles. The number of rotatable bonds is 6. The summed E-state index contributed by atoms with van der Waals surface area (Å²) in [4.78, 5) is 4.01. The number of aromatic nitrogens is 5. The lowest BCUT2D eigenvalue weighted by Crippen LogP contribution is -2.03. The van der Waals surface area contributed by atoms with Gasteiger partial charge in [0.05, 0.1) is 29.5 Å². The molecule has 6 nitrogen and oxygen atoms in total. The first-order valence-corrected chi connectivity index (χ1v) is 9.27. The van der Waals surface area contributed by atoms with Crippen LogP contribution in [0.15, 0.2) is 67.4 Å². The standard InChI is InChI=1S/C22H19F2N5O/c1-15-3-6-19(7-4-15)29-12-18(26-27-29)13-30-22(16(2)28-10-9-25-14-28)20-8-5-17(23)11-21(20)24/h3-12,14H,13H2,1-2H3/b22-16-. The molecule has 2 aromatic heterocycles. The maximum absolute atomic E-state index is 14.5. The van der Waals surface area contributed by atoms with Crippen LogP contribution in [0.5, 0.6) is 0 Å². The second-order valence-corrected chi connectivity index (χ2v) is 6.79. The fraction of sp³-hybridized carbons (Fsp3) is 0.136. The second kappa shape index (κ2) is 8.28. The molecule has 0 atom stereocenters. The van der Waals surface area contributed by atoms with Gasteiger partial charge < -0.3 is 9.30 Å². The van der Waals surface area contributed by atoms with Crippen molar-refractivity contribution < 1.29 is 13.5 Å². The smallest absolute Gasteiger partial charge is 0.149 e. The first-order chi connectivity index (χ1) is 14.5. The van der Waals surface area contributed by atoms with E-state index >= 15 is 0 Å². The molecular formula is C22H19F2N5O. The molecule has 0 saturated heterocycles. The number of hydrogen-bond acceptors (Lipinski definition) is 4. The lowest BCUT2D eigenvalue weighted by molar-refractivity contribution is 0.258. The average molecular weight is 407 g/mol. The minimum absolute atomic E-state index is 0.0596. The molecule has 0 N–H and O–H groups in total. The van der Waals surface area contributed by atoms with E-state index in [9.17, 15) is 8.78 Å². The molecule has 8 heteroatoms. The Labute approximate surface area is 172 Å². The zero-order chi connectivity index (χ0) is 21.1. The van der Waals surface area contributed by atoms with Crippen LogP contribution < -0.4 is 0 Å². The van der Waals surface area contributed by atoms with Crippen LogP contribution in [0, 0.1) is 18.6 Å². The molecule has 0 aliphatic carbocycles. The van der Waals surface area contributed by atoms with Crippen LogP contribution in [0.4, 0.5) is 8.78 Å². The van der Waals surface area contributed by atoms with Crippen molar-refractivity contribution in [3.05, 3.63) is 95.8 Å². The maximum Gasteiger partial charge on any atom is 0.149 e. The summed E-state index contributed by atoms with van der Waals surface area (Å²) in [5.74, 6) is -1.11. The third kappa shape index (κ3) is 4.12. The summed E-state index contributed by atoms with van der Waals surface area (Å²) >= 11 is 0. The highest BCUT2D eigenvalue weighted by molar-refractivity contribution is 5.78. The van der Waals surface area contributed by atoms with Crippen LogP contribution in [0.25, 0.3) is 17.1 Å². The Hall–Kier alpha value is -3.81. The van der Waals surface area contributed by atoms with E-state index in [1.165, 1.54) is 12.1 Å². The van der Waals surface area contributed by atoms with Crippen LogP contribution in [0.3, 0.4) is 0 Å². The third-order valence-electron chi connectivity index (χ3n) is 4.60. The number of imidazole rings is 1. The Morgan fingerprint density at radius 3 is 2.60 bits per heavy atom. The van der Waals surface area contributed by atoms with Gasteiger partial charge in [0.1, 0.15) is 29.7 Å². The zero-order valence-corrected chi connectivity index (χ0v) is 16.5. The summed E-state index contributed by atoms with van der Waals surface area (Å²) in [5.41, 5.74) is 3.33. The van der Waals surface area contributed by atoms with Gasteiger partial charge in [-0.05, 0) is 38.1 Å². The lowest BCUT2D eigenvalue weighted by atomic mass is 10.1. The van der Waals surface area contributed by atoms with Gasteiger partial charge >= 0.3 is 0 Å². The van der Waals surface area contributed by atoms with Crippen molar-refractivity contribution in [2.24, 2.45) is 0 Å². The van der Waals surface area contributed by atoms with E-state index in [1.807, 2.05) is 31.2 Å². The van der Waals surface area contributed by atoms with Crippen LogP contribution in [0.2, 0.25) is 0 Å². The van der Waals surface area contributed by atoms with Gasteiger partial charge in [-0.15, -0.1) is 5.10 Å². The summed E-state index contributed by atoms with van der Waals surface area (Å²) in [7, 11) is 0. The van der Waals surface area contributed by atoms with Crippen molar-refractivity contribution in [3.63, 3.8) is 0 Å². The molecule has 0 fully saturated rings. The first kappa shape index (κ1) is 19.5. The van der Waals surface area contributed by atoms with Crippen LogP contribution in [-0.4, -0.2) is 24.5 Å². The number of nitrogens with zero attached hydrogens (tertiary/aromatic N) is 5. The van der Waals surface area contributed by atoms with E-state index in [4.69, 9.17) is 4.74 Å².